The minimum atomic E-state index is -0.00855. The van der Waals surface area contributed by atoms with Crippen LogP contribution in [0.3, 0.4) is 0 Å². The number of hydrogen-bond acceptors (Lipinski definition) is 4. The van der Waals surface area contributed by atoms with Crippen LogP contribution in [0.15, 0.2) is 48.7 Å². The number of halogens is 1. The lowest BCUT2D eigenvalue weighted by Gasteiger charge is -2.36. The Labute approximate surface area is 211 Å². The Morgan fingerprint density at radius 3 is 2.49 bits per heavy atom. The number of benzene rings is 2. The number of amides is 1. The molecule has 0 radical (unpaired) electrons. The molecule has 0 unspecified atom stereocenters. The first-order valence-corrected chi connectivity index (χ1v) is 12.4. The third-order valence-corrected chi connectivity index (χ3v) is 7.41. The summed E-state index contributed by atoms with van der Waals surface area (Å²) in [6.07, 6.45) is 2.33. The van der Waals surface area contributed by atoms with E-state index in [1.807, 2.05) is 43.0 Å². The number of nitrogens with zero attached hydrogens (tertiary/aromatic N) is 5. The predicted molar refractivity (Wildman–Crippen MR) is 141 cm³/mol. The molecule has 1 amide bonds. The van der Waals surface area contributed by atoms with Gasteiger partial charge in [-0.25, -0.2) is 9.50 Å². The van der Waals surface area contributed by atoms with Gasteiger partial charge in [0.25, 0.3) is 5.91 Å². The molecule has 0 saturated carbocycles. The highest BCUT2D eigenvalue weighted by Crippen LogP contribution is 2.26. The number of rotatable bonds is 4. The Balaban J connectivity index is 1.37. The molecule has 0 N–H and O–H groups in total. The number of aromatic nitrogens is 3. The van der Waals surface area contributed by atoms with E-state index in [-0.39, 0.29) is 5.91 Å². The summed E-state index contributed by atoms with van der Waals surface area (Å²) in [7, 11) is 0. The Morgan fingerprint density at radius 2 is 1.74 bits per heavy atom. The number of piperazine rings is 1. The van der Waals surface area contributed by atoms with Crippen LogP contribution >= 0.6 is 11.6 Å². The maximum Gasteiger partial charge on any atom is 0.259 e. The maximum absolute atomic E-state index is 13.5. The average molecular weight is 488 g/mol. The molecule has 2 aromatic heterocycles. The van der Waals surface area contributed by atoms with E-state index < -0.39 is 0 Å². The number of carbonyl (C=O) groups excluding carboxylic acids is 1. The molecular weight excluding hydrogens is 458 g/mol. The Hall–Kier alpha value is -3.38. The van der Waals surface area contributed by atoms with Gasteiger partial charge in [-0.2, -0.15) is 5.10 Å². The molecule has 2 aromatic carbocycles. The SMILES string of the molecule is Cc1ccc(C)c(N2CCN(C(=O)c3cnn4c(C)c(Cc5ccccc5Cl)c(C)nc34)CC2)c1. The van der Waals surface area contributed by atoms with E-state index in [1.165, 1.54) is 16.8 Å². The molecule has 1 saturated heterocycles. The van der Waals surface area contributed by atoms with Crippen LogP contribution in [0.25, 0.3) is 5.65 Å². The lowest BCUT2D eigenvalue weighted by Crippen LogP contribution is -2.49. The minimum Gasteiger partial charge on any atom is -0.368 e. The second kappa shape index (κ2) is 9.34. The number of carbonyl (C=O) groups is 1. The second-order valence-corrected chi connectivity index (χ2v) is 9.80. The summed E-state index contributed by atoms with van der Waals surface area (Å²) in [6.45, 7) is 11.2. The quantitative estimate of drug-likeness (QED) is 0.398. The zero-order valence-electron chi connectivity index (χ0n) is 20.7. The maximum atomic E-state index is 13.5. The van der Waals surface area contributed by atoms with E-state index >= 15 is 0 Å². The molecule has 0 spiro atoms. The third kappa shape index (κ3) is 4.39. The highest BCUT2D eigenvalue weighted by Gasteiger charge is 2.26. The molecule has 1 fully saturated rings. The molecule has 0 bridgehead atoms. The van der Waals surface area contributed by atoms with Gasteiger partial charge >= 0.3 is 0 Å². The summed E-state index contributed by atoms with van der Waals surface area (Å²) >= 11 is 6.40. The van der Waals surface area contributed by atoms with Crippen molar-refractivity contribution in [1.29, 1.82) is 0 Å². The molecule has 3 heterocycles. The number of anilines is 1. The largest absolute Gasteiger partial charge is 0.368 e. The first kappa shape index (κ1) is 23.4. The van der Waals surface area contributed by atoms with Crippen LogP contribution in [0.2, 0.25) is 5.02 Å². The zero-order chi connectivity index (χ0) is 24.7. The van der Waals surface area contributed by atoms with Crippen molar-refractivity contribution < 1.29 is 4.79 Å². The zero-order valence-corrected chi connectivity index (χ0v) is 21.4. The van der Waals surface area contributed by atoms with E-state index in [0.717, 1.165) is 40.6 Å². The fourth-order valence-corrected chi connectivity index (χ4v) is 5.13. The van der Waals surface area contributed by atoms with Gasteiger partial charge in [-0.05, 0) is 62.1 Å². The molecule has 6 nitrogen and oxygen atoms in total. The van der Waals surface area contributed by atoms with Crippen molar-refractivity contribution in [2.45, 2.75) is 34.1 Å². The number of fused-ring (bicyclic) bond motifs is 1. The van der Waals surface area contributed by atoms with Crippen LogP contribution in [-0.4, -0.2) is 51.6 Å². The van der Waals surface area contributed by atoms with Crippen molar-refractivity contribution in [3.8, 4) is 0 Å². The van der Waals surface area contributed by atoms with E-state index in [9.17, 15) is 4.79 Å². The van der Waals surface area contributed by atoms with Crippen molar-refractivity contribution in [1.82, 2.24) is 19.5 Å². The van der Waals surface area contributed by atoms with Gasteiger partial charge < -0.3 is 9.80 Å². The summed E-state index contributed by atoms with van der Waals surface area (Å²) < 4.78 is 1.79. The van der Waals surface area contributed by atoms with Crippen LogP contribution in [-0.2, 0) is 6.42 Å². The van der Waals surface area contributed by atoms with Gasteiger partial charge in [-0.3, -0.25) is 4.79 Å². The predicted octanol–water partition coefficient (Wildman–Crippen LogP) is 5.17. The van der Waals surface area contributed by atoms with Crippen LogP contribution in [0, 0.1) is 27.7 Å². The average Bonchev–Trinajstić information content (AvgIpc) is 3.28. The third-order valence-electron chi connectivity index (χ3n) is 7.04. The highest BCUT2D eigenvalue weighted by molar-refractivity contribution is 6.31. The Morgan fingerprint density at radius 1 is 1.00 bits per heavy atom. The second-order valence-electron chi connectivity index (χ2n) is 9.39. The van der Waals surface area contributed by atoms with Crippen LogP contribution < -0.4 is 4.90 Å². The van der Waals surface area contributed by atoms with Gasteiger partial charge in [0.2, 0.25) is 0 Å². The Kier molecular flexibility index (Phi) is 6.24. The Bertz CT molecular complexity index is 1420. The number of hydrogen-bond donors (Lipinski definition) is 0. The van der Waals surface area contributed by atoms with Crippen LogP contribution in [0.4, 0.5) is 5.69 Å². The molecule has 35 heavy (non-hydrogen) atoms. The molecule has 4 aromatic rings. The lowest BCUT2D eigenvalue weighted by atomic mass is 10.0. The summed E-state index contributed by atoms with van der Waals surface area (Å²) in [5.41, 5.74) is 8.94. The van der Waals surface area contributed by atoms with Crippen molar-refractivity contribution in [3.05, 3.63) is 92.9 Å². The molecule has 0 aliphatic carbocycles. The normalized spacial score (nSPS) is 14.1. The smallest absolute Gasteiger partial charge is 0.259 e. The highest BCUT2D eigenvalue weighted by atomic mass is 35.5. The summed E-state index contributed by atoms with van der Waals surface area (Å²) in [5.74, 6) is -0.00855. The van der Waals surface area contributed by atoms with Crippen molar-refractivity contribution in [2.24, 2.45) is 0 Å². The van der Waals surface area contributed by atoms with E-state index in [2.05, 4.69) is 42.0 Å². The van der Waals surface area contributed by atoms with Crippen molar-refractivity contribution in [3.63, 3.8) is 0 Å². The van der Waals surface area contributed by atoms with Crippen LogP contribution in [0.1, 0.15) is 44.0 Å². The minimum absolute atomic E-state index is 0.00855. The van der Waals surface area contributed by atoms with Gasteiger partial charge in [0.15, 0.2) is 5.65 Å². The summed E-state index contributed by atoms with van der Waals surface area (Å²) in [6, 6.07) is 14.4. The first-order valence-electron chi connectivity index (χ1n) is 12.0. The summed E-state index contributed by atoms with van der Waals surface area (Å²) in [5, 5.41) is 5.29. The molecule has 180 valence electrons. The number of aryl methyl sites for hydroxylation is 4. The topological polar surface area (TPSA) is 53.7 Å². The monoisotopic (exact) mass is 487 g/mol. The van der Waals surface area contributed by atoms with Gasteiger partial charge in [-0.1, -0.05) is 41.9 Å². The van der Waals surface area contributed by atoms with Gasteiger partial charge in [0.05, 0.1) is 6.20 Å². The molecule has 0 atom stereocenters. The molecule has 7 heteroatoms. The van der Waals surface area contributed by atoms with E-state index in [4.69, 9.17) is 16.6 Å². The van der Waals surface area contributed by atoms with Crippen LogP contribution in [0.5, 0.6) is 0 Å². The van der Waals surface area contributed by atoms with Gasteiger partial charge in [0.1, 0.15) is 5.56 Å². The first-order chi connectivity index (χ1) is 16.8. The van der Waals surface area contributed by atoms with E-state index in [0.29, 0.717) is 30.7 Å². The standard InChI is InChI=1S/C28H30ClN5O/c1-18-9-10-19(2)26(15-18)32-11-13-33(14-12-32)28(35)24-17-30-34-21(4)23(20(3)31-27(24)34)16-22-7-5-6-8-25(22)29/h5-10,15,17H,11-14,16H2,1-4H3. The fraction of sp³-hybridized carbons (Fsp3) is 0.321. The van der Waals surface area contributed by atoms with Gasteiger partial charge in [-0.15, -0.1) is 0 Å². The van der Waals surface area contributed by atoms with E-state index in [1.54, 1.807) is 10.7 Å². The summed E-state index contributed by atoms with van der Waals surface area (Å²) in [4.78, 5) is 22.6. The van der Waals surface area contributed by atoms with Crippen molar-refractivity contribution in [2.75, 3.05) is 31.1 Å². The fourth-order valence-electron chi connectivity index (χ4n) is 4.93. The lowest BCUT2D eigenvalue weighted by molar-refractivity contribution is 0.0748. The molecular formula is C28H30ClN5O. The molecule has 1 aliphatic rings. The molecule has 1 aliphatic heterocycles. The molecule has 5 rings (SSSR count). The van der Waals surface area contributed by atoms with Crippen molar-refractivity contribution >= 4 is 28.8 Å². The van der Waals surface area contributed by atoms with Gasteiger partial charge in [0, 0.05) is 54.7 Å².